The molecule has 0 radical (unpaired) electrons. The predicted octanol–water partition coefficient (Wildman–Crippen LogP) is 2.97. The standard InChI is InChI=1S/C21H22N2O2/c24-20(23-25)21(17-9-5-2-6-10-17)18(15-7-3-1-4-8-15)19(21)16-11-13-22-14-12-16/h1-11,13,16,18-19,22,25H,12,14H2,(H,23,24). The summed E-state index contributed by atoms with van der Waals surface area (Å²) in [6.07, 6.45) is 5.14. The van der Waals surface area contributed by atoms with Gasteiger partial charge in [-0.05, 0) is 35.6 Å². The molecule has 0 aromatic heterocycles. The van der Waals surface area contributed by atoms with Crippen LogP contribution in [0.3, 0.4) is 0 Å². The Balaban J connectivity index is 1.85. The Morgan fingerprint density at radius 1 is 1.08 bits per heavy atom. The highest BCUT2D eigenvalue weighted by Crippen LogP contribution is 2.69. The summed E-state index contributed by atoms with van der Waals surface area (Å²) in [6, 6.07) is 20.0. The number of benzene rings is 2. The first-order valence-electron chi connectivity index (χ1n) is 8.75. The van der Waals surface area contributed by atoms with Gasteiger partial charge in [-0.15, -0.1) is 0 Å². The van der Waals surface area contributed by atoms with Gasteiger partial charge in [0.05, 0.1) is 5.41 Å². The molecule has 0 bridgehead atoms. The molecule has 128 valence electrons. The number of allylic oxidation sites excluding steroid dienone is 1. The molecule has 4 unspecified atom stereocenters. The first-order chi connectivity index (χ1) is 12.3. The molecule has 2 aliphatic rings. The summed E-state index contributed by atoms with van der Waals surface area (Å²) in [6.45, 7) is 0.908. The van der Waals surface area contributed by atoms with Gasteiger partial charge in [-0.3, -0.25) is 10.0 Å². The second kappa shape index (κ2) is 6.37. The maximum atomic E-state index is 12.9. The summed E-state index contributed by atoms with van der Waals surface area (Å²) >= 11 is 0. The molecule has 4 atom stereocenters. The smallest absolute Gasteiger partial charge is 0.254 e. The molecule has 0 spiro atoms. The molecule has 4 rings (SSSR count). The van der Waals surface area contributed by atoms with Gasteiger partial charge in [0.25, 0.3) is 5.91 Å². The van der Waals surface area contributed by atoms with Crippen LogP contribution in [0.1, 0.15) is 23.5 Å². The van der Waals surface area contributed by atoms with Gasteiger partial charge in [0, 0.05) is 12.5 Å². The molecule has 0 saturated heterocycles. The Bertz CT molecular complexity index is 775. The molecule has 4 nitrogen and oxygen atoms in total. The molecule has 3 N–H and O–H groups in total. The van der Waals surface area contributed by atoms with Crippen LogP contribution >= 0.6 is 0 Å². The summed E-state index contributed by atoms with van der Waals surface area (Å²) in [5.74, 6) is 0.159. The minimum absolute atomic E-state index is 0.0519. The normalized spacial score (nSPS) is 30.4. The Kier molecular flexibility index (Phi) is 4.06. The Morgan fingerprint density at radius 3 is 2.36 bits per heavy atom. The molecule has 25 heavy (non-hydrogen) atoms. The molecular formula is C21H22N2O2. The summed E-state index contributed by atoms with van der Waals surface area (Å²) in [4.78, 5) is 12.9. The second-order valence-electron chi connectivity index (χ2n) is 6.86. The summed E-state index contributed by atoms with van der Waals surface area (Å²) < 4.78 is 0. The van der Waals surface area contributed by atoms with E-state index in [1.165, 1.54) is 0 Å². The highest BCUT2D eigenvalue weighted by molar-refractivity contribution is 5.94. The zero-order chi connectivity index (χ0) is 17.3. The van der Waals surface area contributed by atoms with Gasteiger partial charge >= 0.3 is 0 Å². The van der Waals surface area contributed by atoms with Crippen molar-refractivity contribution in [1.82, 2.24) is 10.8 Å². The monoisotopic (exact) mass is 334 g/mol. The van der Waals surface area contributed by atoms with Gasteiger partial charge in [-0.1, -0.05) is 66.7 Å². The quantitative estimate of drug-likeness (QED) is 0.595. The van der Waals surface area contributed by atoms with Crippen LogP contribution in [0.15, 0.2) is 72.9 Å². The SMILES string of the molecule is O=C(NO)C1(c2ccccc2)C(c2ccccc2)C1C1C=CNCC1. The lowest BCUT2D eigenvalue weighted by molar-refractivity contribution is -0.132. The maximum absolute atomic E-state index is 12.9. The third-order valence-electron chi connectivity index (χ3n) is 5.70. The zero-order valence-electron chi connectivity index (χ0n) is 13.9. The van der Waals surface area contributed by atoms with Crippen LogP contribution in [-0.4, -0.2) is 17.7 Å². The van der Waals surface area contributed by atoms with Crippen molar-refractivity contribution >= 4 is 5.91 Å². The van der Waals surface area contributed by atoms with Crippen molar-refractivity contribution in [3.05, 3.63) is 84.1 Å². The molecule has 1 saturated carbocycles. The van der Waals surface area contributed by atoms with Crippen LogP contribution in [0.2, 0.25) is 0 Å². The van der Waals surface area contributed by atoms with Gasteiger partial charge in [0.2, 0.25) is 0 Å². The van der Waals surface area contributed by atoms with Crippen molar-refractivity contribution in [2.45, 2.75) is 17.8 Å². The van der Waals surface area contributed by atoms with E-state index in [0.29, 0.717) is 5.92 Å². The highest BCUT2D eigenvalue weighted by atomic mass is 16.5. The number of carbonyl (C=O) groups excluding carboxylic acids is 1. The van der Waals surface area contributed by atoms with Gasteiger partial charge in [0.1, 0.15) is 0 Å². The topological polar surface area (TPSA) is 61.4 Å². The molecule has 1 aliphatic carbocycles. The van der Waals surface area contributed by atoms with Gasteiger partial charge < -0.3 is 5.32 Å². The Morgan fingerprint density at radius 2 is 1.76 bits per heavy atom. The van der Waals surface area contributed by atoms with Crippen LogP contribution < -0.4 is 10.8 Å². The molecular weight excluding hydrogens is 312 g/mol. The molecule has 1 fully saturated rings. The summed E-state index contributed by atoms with van der Waals surface area (Å²) in [5, 5.41) is 12.8. The number of rotatable bonds is 4. The minimum Gasteiger partial charge on any atom is -0.391 e. The van der Waals surface area contributed by atoms with Crippen molar-refractivity contribution in [2.75, 3.05) is 6.54 Å². The molecule has 4 heteroatoms. The summed E-state index contributed by atoms with van der Waals surface area (Å²) in [5.41, 5.74) is 3.33. The third-order valence-corrected chi connectivity index (χ3v) is 5.70. The van der Waals surface area contributed by atoms with E-state index in [4.69, 9.17) is 0 Å². The van der Waals surface area contributed by atoms with Crippen LogP contribution in [0.5, 0.6) is 0 Å². The van der Waals surface area contributed by atoms with E-state index in [0.717, 1.165) is 24.1 Å². The molecule has 1 amide bonds. The van der Waals surface area contributed by atoms with E-state index in [1.54, 1.807) is 0 Å². The van der Waals surface area contributed by atoms with Crippen LogP contribution in [0.25, 0.3) is 0 Å². The lowest BCUT2D eigenvalue weighted by Crippen LogP contribution is -2.36. The van der Waals surface area contributed by atoms with Gasteiger partial charge in [0.15, 0.2) is 0 Å². The van der Waals surface area contributed by atoms with Crippen LogP contribution in [-0.2, 0) is 10.2 Å². The number of hydrogen-bond acceptors (Lipinski definition) is 3. The number of hydroxylamine groups is 1. The highest BCUT2D eigenvalue weighted by Gasteiger charge is 2.72. The zero-order valence-corrected chi connectivity index (χ0v) is 13.9. The largest absolute Gasteiger partial charge is 0.391 e. The fourth-order valence-corrected chi connectivity index (χ4v) is 4.65. The number of nitrogens with one attached hydrogen (secondary N) is 2. The van der Waals surface area contributed by atoms with Crippen molar-refractivity contribution < 1.29 is 10.0 Å². The predicted molar refractivity (Wildman–Crippen MR) is 96.0 cm³/mol. The van der Waals surface area contributed by atoms with E-state index in [2.05, 4.69) is 23.5 Å². The van der Waals surface area contributed by atoms with Crippen molar-refractivity contribution in [3.63, 3.8) is 0 Å². The molecule has 1 aliphatic heterocycles. The van der Waals surface area contributed by atoms with Crippen molar-refractivity contribution in [2.24, 2.45) is 11.8 Å². The van der Waals surface area contributed by atoms with Crippen molar-refractivity contribution in [1.29, 1.82) is 0 Å². The fraction of sp³-hybridized carbons (Fsp3) is 0.286. The average molecular weight is 334 g/mol. The lowest BCUT2D eigenvalue weighted by Gasteiger charge is -2.22. The third kappa shape index (κ3) is 2.45. The van der Waals surface area contributed by atoms with E-state index >= 15 is 0 Å². The van der Waals surface area contributed by atoms with E-state index in [9.17, 15) is 10.0 Å². The first kappa shape index (κ1) is 15.9. The number of carbonyl (C=O) groups is 1. The number of hydrogen-bond donors (Lipinski definition) is 3. The van der Waals surface area contributed by atoms with E-state index in [-0.39, 0.29) is 17.7 Å². The molecule has 2 aromatic carbocycles. The molecule has 1 heterocycles. The number of amides is 1. The lowest BCUT2D eigenvalue weighted by atomic mass is 9.85. The fourth-order valence-electron chi connectivity index (χ4n) is 4.65. The van der Waals surface area contributed by atoms with E-state index < -0.39 is 5.41 Å². The van der Waals surface area contributed by atoms with Crippen LogP contribution in [0.4, 0.5) is 0 Å². The summed E-state index contributed by atoms with van der Waals surface area (Å²) in [7, 11) is 0. The molecule has 2 aromatic rings. The van der Waals surface area contributed by atoms with E-state index in [1.807, 2.05) is 60.2 Å². The Hall–Kier alpha value is -2.59. The van der Waals surface area contributed by atoms with Crippen LogP contribution in [0, 0.1) is 11.8 Å². The minimum atomic E-state index is -0.732. The Labute approximate surface area is 147 Å². The second-order valence-corrected chi connectivity index (χ2v) is 6.86. The van der Waals surface area contributed by atoms with Gasteiger partial charge in [-0.2, -0.15) is 0 Å². The van der Waals surface area contributed by atoms with Crippen molar-refractivity contribution in [3.8, 4) is 0 Å². The average Bonchev–Trinajstić information content (AvgIpc) is 3.41. The first-order valence-corrected chi connectivity index (χ1v) is 8.75. The van der Waals surface area contributed by atoms with Gasteiger partial charge in [-0.25, -0.2) is 5.48 Å². The maximum Gasteiger partial charge on any atom is 0.254 e.